The molecule has 0 saturated heterocycles. The highest BCUT2D eigenvalue weighted by atomic mass is 35.5. The summed E-state index contributed by atoms with van der Waals surface area (Å²) >= 11 is 13.5. The van der Waals surface area contributed by atoms with Crippen molar-refractivity contribution in [3.63, 3.8) is 0 Å². The minimum absolute atomic E-state index is 0.145. The first-order valence-electron chi connectivity index (χ1n) is 9.78. The van der Waals surface area contributed by atoms with E-state index in [2.05, 4.69) is 15.5 Å². The number of ether oxygens (including phenoxy) is 2. The first-order valence-corrected chi connectivity index (χ1v) is 11.5. The molecule has 0 aliphatic heterocycles. The molecule has 0 bridgehead atoms. The highest BCUT2D eigenvalue weighted by Crippen LogP contribution is 2.30. The van der Waals surface area contributed by atoms with E-state index in [9.17, 15) is 4.79 Å². The highest BCUT2D eigenvalue weighted by molar-refractivity contribution is 7.99. The highest BCUT2D eigenvalue weighted by Gasteiger charge is 2.19. The number of methoxy groups -OCH3 is 1. The fourth-order valence-corrected chi connectivity index (χ4v) is 4.13. The number of nitrogens with zero attached hydrogens (tertiary/aromatic N) is 3. The Labute approximate surface area is 201 Å². The van der Waals surface area contributed by atoms with Gasteiger partial charge in [0, 0.05) is 17.1 Å². The molecule has 170 valence electrons. The van der Waals surface area contributed by atoms with Crippen LogP contribution in [0.5, 0.6) is 11.5 Å². The molecule has 0 aliphatic rings. The average Bonchev–Trinajstić information content (AvgIpc) is 3.11. The minimum Gasteiger partial charge on any atom is -0.495 e. The van der Waals surface area contributed by atoms with Gasteiger partial charge in [-0.2, -0.15) is 0 Å². The van der Waals surface area contributed by atoms with Crippen LogP contribution in [0.25, 0.3) is 0 Å². The number of carbonyl (C=O) groups excluding carboxylic acids is 1. The molecule has 1 unspecified atom stereocenters. The molecule has 1 atom stereocenters. The molecular weight excluding hydrogens is 471 g/mol. The predicted octanol–water partition coefficient (Wildman–Crippen LogP) is 5.62. The second-order valence-electron chi connectivity index (χ2n) is 7.21. The smallest absolute Gasteiger partial charge is 0.234 e. The monoisotopic (exact) mass is 494 g/mol. The van der Waals surface area contributed by atoms with Crippen molar-refractivity contribution in [2.75, 3.05) is 18.2 Å². The summed E-state index contributed by atoms with van der Waals surface area (Å²) in [7, 11) is 3.37. The van der Waals surface area contributed by atoms with E-state index in [0.717, 1.165) is 16.1 Å². The lowest BCUT2D eigenvalue weighted by Crippen LogP contribution is -2.15. The molecule has 1 N–H and O–H groups in total. The number of benzene rings is 2. The number of aryl methyl sites for hydroxylation is 2. The van der Waals surface area contributed by atoms with Crippen LogP contribution in [-0.2, 0) is 11.8 Å². The van der Waals surface area contributed by atoms with Crippen molar-refractivity contribution >= 4 is 46.6 Å². The average molecular weight is 495 g/mol. The molecule has 0 saturated carbocycles. The van der Waals surface area contributed by atoms with Crippen molar-refractivity contribution in [2.45, 2.75) is 32.0 Å². The third-order valence-corrected chi connectivity index (χ3v) is 6.57. The zero-order chi connectivity index (χ0) is 23.4. The van der Waals surface area contributed by atoms with Crippen LogP contribution in [-0.4, -0.2) is 33.5 Å². The summed E-state index contributed by atoms with van der Waals surface area (Å²) < 4.78 is 13.1. The zero-order valence-corrected chi connectivity index (χ0v) is 20.7. The Morgan fingerprint density at radius 1 is 1.19 bits per heavy atom. The fraction of sp³-hybridized carbons (Fsp3) is 0.318. The Bertz CT molecular complexity index is 1110. The summed E-state index contributed by atoms with van der Waals surface area (Å²) in [5.74, 6) is 1.83. The third-order valence-electron chi connectivity index (χ3n) is 4.72. The number of amides is 1. The van der Waals surface area contributed by atoms with Crippen LogP contribution in [0, 0.1) is 13.8 Å². The number of nitrogens with one attached hydrogen (secondary N) is 1. The third kappa shape index (κ3) is 5.68. The maximum Gasteiger partial charge on any atom is 0.234 e. The number of aromatic nitrogens is 3. The maximum atomic E-state index is 12.4. The van der Waals surface area contributed by atoms with E-state index in [-0.39, 0.29) is 17.8 Å². The molecule has 3 aromatic rings. The molecule has 10 heteroatoms. The van der Waals surface area contributed by atoms with Crippen molar-refractivity contribution < 1.29 is 14.3 Å². The number of rotatable bonds is 8. The molecule has 32 heavy (non-hydrogen) atoms. The number of hydrogen-bond donors (Lipinski definition) is 1. The second kappa shape index (κ2) is 10.5. The Kier molecular flexibility index (Phi) is 7.92. The number of anilines is 1. The molecule has 0 radical (unpaired) electrons. The van der Waals surface area contributed by atoms with Crippen molar-refractivity contribution in [3.05, 3.63) is 57.3 Å². The van der Waals surface area contributed by atoms with Crippen molar-refractivity contribution in [1.29, 1.82) is 0 Å². The van der Waals surface area contributed by atoms with Gasteiger partial charge in [0.15, 0.2) is 17.1 Å². The van der Waals surface area contributed by atoms with Gasteiger partial charge in [-0.15, -0.1) is 10.2 Å². The number of carbonyl (C=O) groups is 1. The lowest BCUT2D eigenvalue weighted by atomic mass is 10.1. The summed E-state index contributed by atoms with van der Waals surface area (Å²) in [6.07, 6.45) is -0.341. The Morgan fingerprint density at radius 3 is 2.53 bits per heavy atom. The molecule has 1 aromatic heterocycles. The molecule has 7 nitrogen and oxygen atoms in total. The minimum atomic E-state index is -0.341. The molecule has 0 fully saturated rings. The normalized spacial score (nSPS) is 11.8. The van der Waals surface area contributed by atoms with Crippen LogP contribution in [0.1, 0.15) is 30.0 Å². The topological polar surface area (TPSA) is 78.3 Å². The second-order valence-corrected chi connectivity index (χ2v) is 8.97. The van der Waals surface area contributed by atoms with E-state index in [0.29, 0.717) is 33.2 Å². The first-order chi connectivity index (χ1) is 15.2. The quantitative estimate of drug-likeness (QED) is 0.409. The van der Waals surface area contributed by atoms with Crippen LogP contribution in [0.2, 0.25) is 10.0 Å². The lowest BCUT2D eigenvalue weighted by molar-refractivity contribution is -0.113. The van der Waals surface area contributed by atoms with Crippen molar-refractivity contribution in [1.82, 2.24) is 14.8 Å². The standard InChI is InChI=1S/C22H24Cl2N4O3S/c1-12-8-16(9-13(2)20(12)24)31-14(3)21-26-27-22(28(21)4)32-11-19(29)25-17-10-15(23)6-7-18(17)30-5/h6-10,14H,11H2,1-5H3,(H,25,29). The van der Waals surface area contributed by atoms with Gasteiger partial charge in [0.05, 0.1) is 18.6 Å². The van der Waals surface area contributed by atoms with Gasteiger partial charge in [0.25, 0.3) is 0 Å². The molecule has 1 amide bonds. The van der Waals surface area contributed by atoms with Gasteiger partial charge < -0.3 is 19.4 Å². The SMILES string of the molecule is COc1ccc(Cl)cc1NC(=O)CSc1nnc(C(C)Oc2cc(C)c(Cl)c(C)c2)n1C. The van der Waals surface area contributed by atoms with Crippen LogP contribution in [0.3, 0.4) is 0 Å². The molecule has 0 spiro atoms. The summed E-state index contributed by atoms with van der Waals surface area (Å²) in [4.78, 5) is 12.4. The zero-order valence-electron chi connectivity index (χ0n) is 18.4. The van der Waals surface area contributed by atoms with Gasteiger partial charge in [-0.05, 0) is 62.2 Å². The van der Waals surface area contributed by atoms with E-state index in [4.69, 9.17) is 32.7 Å². The molecular formula is C22H24Cl2N4O3S. The van der Waals surface area contributed by atoms with Gasteiger partial charge in [-0.1, -0.05) is 35.0 Å². The first kappa shape index (κ1) is 24.2. The Balaban J connectivity index is 1.63. The van der Waals surface area contributed by atoms with E-state index in [1.165, 1.54) is 18.9 Å². The summed E-state index contributed by atoms with van der Waals surface area (Å²) in [5, 5.41) is 13.1. The van der Waals surface area contributed by atoms with Gasteiger partial charge in [0.1, 0.15) is 11.5 Å². The number of halogens is 2. The molecule has 1 heterocycles. The largest absolute Gasteiger partial charge is 0.495 e. The van der Waals surface area contributed by atoms with Crippen LogP contribution < -0.4 is 14.8 Å². The lowest BCUT2D eigenvalue weighted by Gasteiger charge is -2.16. The van der Waals surface area contributed by atoms with E-state index >= 15 is 0 Å². The Morgan fingerprint density at radius 2 is 1.88 bits per heavy atom. The van der Waals surface area contributed by atoms with Gasteiger partial charge in [-0.3, -0.25) is 4.79 Å². The van der Waals surface area contributed by atoms with E-state index in [1.54, 1.807) is 18.2 Å². The number of hydrogen-bond acceptors (Lipinski definition) is 6. The van der Waals surface area contributed by atoms with E-state index in [1.807, 2.05) is 44.5 Å². The van der Waals surface area contributed by atoms with Crippen LogP contribution in [0.4, 0.5) is 5.69 Å². The molecule has 0 aliphatic carbocycles. The fourth-order valence-electron chi connectivity index (χ4n) is 3.13. The summed E-state index contributed by atoms with van der Waals surface area (Å²) in [6.45, 7) is 5.78. The van der Waals surface area contributed by atoms with Gasteiger partial charge in [0.2, 0.25) is 5.91 Å². The van der Waals surface area contributed by atoms with Gasteiger partial charge >= 0.3 is 0 Å². The van der Waals surface area contributed by atoms with E-state index < -0.39 is 0 Å². The Hall–Kier alpha value is -2.42. The van der Waals surface area contributed by atoms with Crippen molar-refractivity contribution in [2.24, 2.45) is 7.05 Å². The molecule has 2 aromatic carbocycles. The predicted molar refractivity (Wildman–Crippen MR) is 128 cm³/mol. The summed E-state index contributed by atoms with van der Waals surface area (Å²) in [5.41, 5.74) is 2.41. The number of thioether (sulfide) groups is 1. The van der Waals surface area contributed by atoms with Crippen molar-refractivity contribution in [3.8, 4) is 11.5 Å². The van der Waals surface area contributed by atoms with Crippen LogP contribution in [0.15, 0.2) is 35.5 Å². The van der Waals surface area contributed by atoms with Crippen LogP contribution >= 0.6 is 35.0 Å². The molecule has 3 rings (SSSR count). The van der Waals surface area contributed by atoms with Gasteiger partial charge in [-0.25, -0.2) is 0 Å². The summed E-state index contributed by atoms with van der Waals surface area (Å²) in [6, 6.07) is 8.83. The maximum absolute atomic E-state index is 12.4.